The smallest absolute Gasteiger partial charge is 0.346 e. The molecular formula is C14H15NO2S. The van der Waals surface area contributed by atoms with Crippen molar-refractivity contribution >= 4 is 17.3 Å². The van der Waals surface area contributed by atoms with E-state index >= 15 is 0 Å². The average Bonchev–Trinajstić information content (AvgIpc) is 2.84. The van der Waals surface area contributed by atoms with E-state index in [1.807, 2.05) is 29.6 Å². The second kappa shape index (κ2) is 6.33. The molecule has 0 radical (unpaired) electrons. The highest BCUT2D eigenvalue weighted by molar-refractivity contribution is 7.12. The van der Waals surface area contributed by atoms with Crippen molar-refractivity contribution in [2.24, 2.45) is 0 Å². The van der Waals surface area contributed by atoms with Gasteiger partial charge in [0.25, 0.3) is 0 Å². The van der Waals surface area contributed by atoms with Crippen LogP contribution in [0.2, 0.25) is 0 Å². The largest absolute Gasteiger partial charge is 0.477 e. The molecule has 1 aromatic heterocycles. The van der Waals surface area contributed by atoms with Gasteiger partial charge in [-0.1, -0.05) is 30.3 Å². The molecule has 3 nitrogen and oxygen atoms in total. The van der Waals surface area contributed by atoms with Crippen LogP contribution in [0.1, 0.15) is 20.8 Å². The Morgan fingerprint density at radius 3 is 2.72 bits per heavy atom. The molecule has 0 amide bonds. The molecule has 0 aliphatic heterocycles. The van der Waals surface area contributed by atoms with Gasteiger partial charge in [0.2, 0.25) is 0 Å². The molecule has 4 heteroatoms. The number of carboxylic acids is 1. The molecule has 0 aliphatic carbocycles. The molecular weight excluding hydrogens is 246 g/mol. The number of carboxylic acid groups (broad SMARTS) is 1. The number of thiophene rings is 1. The summed E-state index contributed by atoms with van der Waals surface area (Å²) in [6.45, 7) is 1.46. The normalized spacial score (nSPS) is 10.4. The van der Waals surface area contributed by atoms with Crippen LogP contribution in [-0.2, 0) is 13.0 Å². The van der Waals surface area contributed by atoms with E-state index in [1.165, 1.54) is 16.9 Å². The minimum absolute atomic E-state index is 0.433. The van der Waals surface area contributed by atoms with E-state index in [2.05, 4.69) is 17.4 Å². The topological polar surface area (TPSA) is 49.3 Å². The van der Waals surface area contributed by atoms with Gasteiger partial charge < -0.3 is 10.4 Å². The quantitative estimate of drug-likeness (QED) is 0.786. The van der Waals surface area contributed by atoms with Gasteiger partial charge in [0.15, 0.2) is 0 Å². The van der Waals surface area contributed by atoms with Crippen LogP contribution in [0.15, 0.2) is 41.8 Å². The molecule has 0 aliphatic rings. The Balaban J connectivity index is 1.79. The Kier molecular flexibility index (Phi) is 4.50. The van der Waals surface area contributed by atoms with E-state index in [0.29, 0.717) is 11.4 Å². The molecule has 0 saturated carbocycles. The third-order valence-corrected chi connectivity index (χ3v) is 3.63. The predicted molar refractivity (Wildman–Crippen MR) is 73.1 cm³/mol. The first-order valence-corrected chi connectivity index (χ1v) is 6.69. The van der Waals surface area contributed by atoms with Crippen molar-refractivity contribution in [3.8, 4) is 0 Å². The van der Waals surface area contributed by atoms with E-state index in [-0.39, 0.29) is 0 Å². The summed E-state index contributed by atoms with van der Waals surface area (Å²) >= 11 is 1.27. The van der Waals surface area contributed by atoms with Crippen molar-refractivity contribution in [2.75, 3.05) is 6.54 Å². The van der Waals surface area contributed by atoms with Gasteiger partial charge in [-0.25, -0.2) is 4.79 Å². The SMILES string of the molecule is O=C(O)c1sccc1CNCCc1ccccc1. The lowest BCUT2D eigenvalue weighted by Gasteiger charge is -2.04. The lowest BCUT2D eigenvalue weighted by Crippen LogP contribution is -2.17. The van der Waals surface area contributed by atoms with Crippen molar-refractivity contribution in [2.45, 2.75) is 13.0 Å². The van der Waals surface area contributed by atoms with Crippen LogP contribution in [0.25, 0.3) is 0 Å². The number of carbonyl (C=O) groups is 1. The summed E-state index contributed by atoms with van der Waals surface area (Å²) in [5.41, 5.74) is 2.15. The highest BCUT2D eigenvalue weighted by Crippen LogP contribution is 2.16. The fraction of sp³-hybridized carbons (Fsp3) is 0.214. The molecule has 1 aromatic carbocycles. The minimum Gasteiger partial charge on any atom is -0.477 e. The first-order chi connectivity index (χ1) is 8.77. The zero-order valence-corrected chi connectivity index (χ0v) is 10.7. The van der Waals surface area contributed by atoms with Gasteiger partial charge in [0, 0.05) is 6.54 Å². The van der Waals surface area contributed by atoms with E-state index in [4.69, 9.17) is 5.11 Å². The molecule has 2 rings (SSSR count). The van der Waals surface area contributed by atoms with Crippen LogP contribution in [0.5, 0.6) is 0 Å². The first-order valence-electron chi connectivity index (χ1n) is 5.81. The Hall–Kier alpha value is -1.65. The fourth-order valence-corrected chi connectivity index (χ4v) is 2.52. The zero-order chi connectivity index (χ0) is 12.8. The van der Waals surface area contributed by atoms with Crippen LogP contribution >= 0.6 is 11.3 Å². The van der Waals surface area contributed by atoms with E-state index < -0.39 is 5.97 Å². The molecule has 0 saturated heterocycles. The molecule has 2 N–H and O–H groups in total. The van der Waals surface area contributed by atoms with Gasteiger partial charge in [-0.3, -0.25) is 0 Å². The molecule has 18 heavy (non-hydrogen) atoms. The summed E-state index contributed by atoms with van der Waals surface area (Å²) in [4.78, 5) is 11.4. The number of hydrogen-bond acceptors (Lipinski definition) is 3. The summed E-state index contributed by atoms with van der Waals surface area (Å²) in [5.74, 6) is -0.843. The Morgan fingerprint density at radius 1 is 1.22 bits per heavy atom. The van der Waals surface area contributed by atoms with Gasteiger partial charge in [-0.05, 0) is 35.5 Å². The maximum atomic E-state index is 10.9. The standard InChI is InChI=1S/C14H15NO2S/c16-14(17)13-12(7-9-18-13)10-15-8-6-11-4-2-1-3-5-11/h1-5,7,9,15H,6,8,10H2,(H,16,17). The third-order valence-electron chi connectivity index (χ3n) is 2.69. The second-order valence-electron chi connectivity index (χ2n) is 3.99. The van der Waals surface area contributed by atoms with Crippen LogP contribution in [0, 0.1) is 0 Å². The molecule has 0 fully saturated rings. The summed E-state index contributed by atoms with van der Waals surface area (Å²) in [6.07, 6.45) is 0.952. The van der Waals surface area contributed by atoms with Crippen LogP contribution in [-0.4, -0.2) is 17.6 Å². The highest BCUT2D eigenvalue weighted by atomic mass is 32.1. The molecule has 94 valence electrons. The van der Waals surface area contributed by atoms with Gasteiger partial charge in [-0.15, -0.1) is 11.3 Å². The number of rotatable bonds is 6. The number of nitrogens with one attached hydrogen (secondary N) is 1. The maximum Gasteiger partial charge on any atom is 0.346 e. The minimum atomic E-state index is -0.843. The predicted octanol–water partition coefficient (Wildman–Crippen LogP) is 2.78. The molecule has 0 atom stereocenters. The summed E-state index contributed by atoms with van der Waals surface area (Å²) in [5, 5.41) is 14.1. The van der Waals surface area contributed by atoms with Gasteiger partial charge >= 0.3 is 5.97 Å². The van der Waals surface area contributed by atoms with Crippen LogP contribution < -0.4 is 5.32 Å². The van der Waals surface area contributed by atoms with Crippen LogP contribution in [0.3, 0.4) is 0 Å². The lowest BCUT2D eigenvalue weighted by molar-refractivity contribution is 0.0701. The van der Waals surface area contributed by atoms with E-state index in [0.717, 1.165) is 18.5 Å². The van der Waals surface area contributed by atoms with Gasteiger partial charge in [-0.2, -0.15) is 0 Å². The highest BCUT2D eigenvalue weighted by Gasteiger charge is 2.10. The lowest BCUT2D eigenvalue weighted by atomic mass is 10.1. The van der Waals surface area contributed by atoms with Crippen molar-refractivity contribution < 1.29 is 9.90 Å². The Morgan fingerprint density at radius 2 is 2.00 bits per heavy atom. The molecule has 0 unspecified atom stereocenters. The molecule has 2 aromatic rings. The molecule has 0 bridgehead atoms. The summed E-state index contributed by atoms with van der Waals surface area (Å²) < 4.78 is 0. The van der Waals surface area contributed by atoms with E-state index in [1.54, 1.807) is 0 Å². The maximum absolute atomic E-state index is 10.9. The fourth-order valence-electron chi connectivity index (χ4n) is 1.76. The molecule has 1 heterocycles. The van der Waals surface area contributed by atoms with Crippen LogP contribution in [0.4, 0.5) is 0 Å². The van der Waals surface area contributed by atoms with Crippen molar-refractivity contribution in [3.63, 3.8) is 0 Å². The van der Waals surface area contributed by atoms with Crippen molar-refractivity contribution in [1.82, 2.24) is 5.32 Å². The Labute approximate surface area is 110 Å². The summed E-state index contributed by atoms with van der Waals surface area (Å²) in [7, 11) is 0. The third kappa shape index (κ3) is 3.42. The number of hydrogen-bond donors (Lipinski definition) is 2. The average molecular weight is 261 g/mol. The van der Waals surface area contributed by atoms with Gasteiger partial charge in [0.1, 0.15) is 4.88 Å². The molecule has 0 spiro atoms. The Bertz CT molecular complexity index is 508. The number of benzene rings is 1. The van der Waals surface area contributed by atoms with Crippen molar-refractivity contribution in [1.29, 1.82) is 0 Å². The van der Waals surface area contributed by atoms with Crippen molar-refractivity contribution in [3.05, 3.63) is 57.8 Å². The zero-order valence-electron chi connectivity index (χ0n) is 9.93. The summed E-state index contributed by atoms with van der Waals surface area (Å²) in [6, 6.07) is 12.1. The first kappa shape index (κ1) is 12.8. The van der Waals surface area contributed by atoms with Gasteiger partial charge in [0.05, 0.1) is 0 Å². The van der Waals surface area contributed by atoms with E-state index in [9.17, 15) is 4.79 Å². The monoisotopic (exact) mass is 261 g/mol. The number of aromatic carboxylic acids is 1. The second-order valence-corrected chi connectivity index (χ2v) is 4.91.